The highest BCUT2D eigenvalue weighted by Gasteiger charge is 2.10. The van der Waals surface area contributed by atoms with Gasteiger partial charge in [0.15, 0.2) is 0 Å². The maximum absolute atomic E-state index is 10.7. The third kappa shape index (κ3) is 3.32. The Morgan fingerprint density at radius 1 is 1.64 bits per heavy atom. The molecule has 4 nitrogen and oxygen atoms in total. The van der Waals surface area contributed by atoms with E-state index < -0.39 is 11.3 Å². The summed E-state index contributed by atoms with van der Waals surface area (Å²) in [6, 6.07) is 5.38. The van der Waals surface area contributed by atoms with Gasteiger partial charge in [0.05, 0.1) is 12.2 Å². The number of aromatic nitrogens is 1. The molecule has 1 atom stereocenters. The van der Waals surface area contributed by atoms with Crippen LogP contribution in [0.5, 0.6) is 0 Å². The van der Waals surface area contributed by atoms with E-state index in [0.29, 0.717) is 5.69 Å². The predicted molar refractivity (Wildman–Crippen MR) is 52.8 cm³/mol. The zero-order chi connectivity index (χ0) is 10.4. The third-order valence-corrected chi connectivity index (χ3v) is 1.92. The van der Waals surface area contributed by atoms with Crippen molar-refractivity contribution in [2.24, 2.45) is 5.73 Å². The Balaban J connectivity index is 2.43. The van der Waals surface area contributed by atoms with Crippen LogP contribution in [0.2, 0.25) is 0 Å². The maximum Gasteiger partial charge on any atom is 0.319 e. The summed E-state index contributed by atoms with van der Waals surface area (Å²) in [7, 11) is 0. The summed E-state index contributed by atoms with van der Waals surface area (Å²) >= 11 is 5.93. The van der Waals surface area contributed by atoms with E-state index >= 15 is 0 Å². The van der Waals surface area contributed by atoms with Crippen LogP contribution in [0.25, 0.3) is 0 Å². The molecule has 0 saturated carbocycles. The van der Waals surface area contributed by atoms with Gasteiger partial charge in [-0.1, -0.05) is 6.07 Å². The number of nitrogens with two attached hydrogens (primary N) is 1. The average molecular weight is 215 g/mol. The van der Waals surface area contributed by atoms with Gasteiger partial charge in [-0.3, -0.25) is 9.78 Å². The monoisotopic (exact) mass is 214 g/mol. The predicted octanol–water partition coefficient (Wildman–Crippen LogP) is 0.863. The molecular formula is C9H11ClN2O2. The van der Waals surface area contributed by atoms with Crippen LogP contribution in [0.4, 0.5) is 0 Å². The molecule has 0 aromatic carbocycles. The molecule has 76 valence electrons. The van der Waals surface area contributed by atoms with Crippen molar-refractivity contribution >= 4 is 17.6 Å². The summed E-state index contributed by atoms with van der Waals surface area (Å²) in [5, 5.41) is -0.424. The van der Waals surface area contributed by atoms with Crippen LogP contribution < -0.4 is 5.73 Å². The van der Waals surface area contributed by atoms with Crippen molar-refractivity contribution in [3.05, 3.63) is 30.1 Å². The van der Waals surface area contributed by atoms with Gasteiger partial charge in [0.25, 0.3) is 0 Å². The molecule has 1 rings (SSSR count). The number of hydrogen-bond acceptors (Lipinski definition) is 4. The van der Waals surface area contributed by atoms with E-state index in [1.165, 1.54) is 0 Å². The summed E-state index contributed by atoms with van der Waals surface area (Å²) in [4.78, 5) is 14.7. The van der Waals surface area contributed by atoms with E-state index in [-0.39, 0.29) is 13.2 Å². The molecule has 0 aliphatic heterocycles. The van der Waals surface area contributed by atoms with Crippen LogP contribution in [0.3, 0.4) is 0 Å². The lowest BCUT2D eigenvalue weighted by molar-refractivity contribution is -0.141. The molecule has 1 aromatic heterocycles. The second-order valence-electron chi connectivity index (χ2n) is 2.61. The number of halogens is 1. The molecule has 1 heterocycles. The molecule has 0 fully saturated rings. The first kappa shape index (κ1) is 10.9. The van der Waals surface area contributed by atoms with E-state index in [1.807, 2.05) is 6.07 Å². The highest BCUT2D eigenvalue weighted by Crippen LogP contribution is 2.17. The molecule has 5 heteroatoms. The SMILES string of the molecule is NCC(=O)OCC(Cl)c1ccccn1. The van der Waals surface area contributed by atoms with E-state index in [2.05, 4.69) is 4.98 Å². The molecule has 1 unspecified atom stereocenters. The highest BCUT2D eigenvalue weighted by atomic mass is 35.5. The molecule has 0 spiro atoms. The van der Waals surface area contributed by atoms with Gasteiger partial charge in [0, 0.05) is 6.20 Å². The quantitative estimate of drug-likeness (QED) is 0.597. The van der Waals surface area contributed by atoms with Crippen LogP contribution in [0, 0.1) is 0 Å². The summed E-state index contributed by atoms with van der Waals surface area (Å²) in [5.74, 6) is -0.466. The van der Waals surface area contributed by atoms with E-state index in [0.717, 1.165) is 0 Å². The minimum absolute atomic E-state index is 0.0919. The Hall–Kier alpha value is -1.13. The van der Waals surface area contributed by atoms with E-state index in [4.69, 9.17) is 22.1 Å². The second kappa shape index (κ2) is 5.57. The van der Waals surface area contributed by atoms with E-state index in [9.17, 15) is 4.79 Å². The van der Waals surface area contributed by atoms with Crippen molar-refractivity contribution in [2.45, 2.75) is 5.38 Å². The number of carbonyl (C=O) groups is 1. The van der Waals surface area contributed by atoms with Crippen molar-refractivity contribution in [1.82, 2.24) is 4.98 Å². The summed E-state index contributed by atoms with van der Waals surface area (Å²) in [6.45, 7) is -0.0412. The van der Waals surface area contributed by atoms with Crippen molar-refractivity contribution in [3.8, 4) is 0 Å². The number of pyridine rings is 1. The number of nitrogens with zero attached hydrogens (tertiary/aromatic N) is 1. The average Bonchev–Trinajstić information content (AvgIpc) is 2.26. The van der Waals surface area contributed by atoms with Crippen molar-refractivity contribution in [1.29, 1.82) is 0 Å². The van der Waals surface area contributed by atoms with Gasteiger partial charge in [0.2, 0.25) is 0 Å². The molecule has 0 aliphatic carbocycles. The molecule has 0 amide bonds. The Labute approximate surface area is 87.0 Å². The molecule has 0 saturated heterocycles. The fourth-order valence-corrected chi connectivity index (χ4v) is 1.06. The third-order valence-electron chi connectivity index (χ3n) is 1.57. The van der Waals surface area contributed by atoms with Crippen molar-refractivity contribution in [3.63, 3.8) is 0 Å². The largest absolute Gasteiger partial charge is 0.463 e. The second-order valence-corrected chi connectivity index (χ2v) is 3.14. The molecule has 0 radical (unpaired) electrons. The lowest BCUT2D eigenvalue weighted by atomic mass is 10.3. The Morgan fingerprint density at radius 3 is 3.00 bits per heavy atom. The Morgan fingerprint density at radius 2 is 2.43 bits per heavy atom. The summed E-state index contributed by atoms with van der Waals surface area (Å²) in [5.41, 5.74) is 5.74. The fourth-order valence-electron chi connectivity index (χ4n) is 0.872. The number of alkyl halides is 1. The molecular weight excluding hydrogens is 204 g/mol. The van der Waals surface area contributed by atoms with Gasteiger partial charge in [-0.25, -0.2) is 0 Å². The number of ether oxygens (including phenoxy) is 1. The van der Waals surface area contributed by atoms with Crippen LogP contribution in [-0.4, -0.2) is 24.1 Å². The van der Waals surface area contributed by atoms with Gasteiger partial charge in [-0.2, -0.15) is 0 Å². The first-order chi connectivity index (χ1) is 6.74. The van der Waals surface area contributed by atoms with Crippen LogP contribution in [-0.2, 0) is 9.53 Å². The van der Waals surface area contributed by atoms with Gasteiger partial charge in [0.1, 0.15) is 12.0 Å². The molecule has 14 heavy (non-hydrogen) atoms. The molecule has 0 aliphatic rings. The minimum Gasteiger partial charge on any atom is -0.463 e. The number of hydrogen-bond donors (Lipinski definition) is 1. The molecule has 1 aromatic rings. The zero-order valence-electron chi connectivity index (χ0n) is 7.52. The Kier molecular flexibility index (Phi) is 4.35. The van der Waals surface area contributed by atoms with Crippen LogP contribution in [0.1, 0.15) is 11.1 Å². The number of rotatable bonds is 4. The molecule has 0 bridgehead atoms. The molecule has 2 N–H and O–H groups in total. The highest BCUT2D eigenvalue weighted by molar-refractivity contribution is 6.20. The first-order valence-electron chi connectivity index (χ1n) is 4.14. The zero-order valence-corrected chi connectivity index (χ0v) is 8.28. The number of carbonyl (C=O) groups excluding carboxylic acids is 1. The maximum atomic E-state index is 10.7. The Bertz CT molecular complexity index is 292. The van der Waals surface area contributed by atoms with Gasteiger partial charge in [-0.05, 0) is 12.1 Å². The fraction of sp³-hybridized carbons (Fsp3) is 0.333. The first-order valence-corrected chi connectivity index (χ1v) is 4.58. The normalized spacial score (nSPS) is 12.1. The van der Waals surface area contributed by atoms with Crippen molar-refractivity contribution < 1.29 is 9.53 Å². The lowest BCUT2D eigenvalue weighted by Crippen LogP contribution is -2.18. The van der Waals surface area contributed by atoms with Gasteiger partial charge >= 0.3 is 5.97 Å². The summed E-state index contributed by atoms with van der Waals surface area (Å²) in [6.07, 6.45) is 1.63. The standard InChI is InChI=1S/C9H11ClN2O2/c10-7(6-14-9(13)5-11)8-3-1-2-4-12-8/h1-4,7H,5-6,11H2. The minimum atomic E-state index is -0.466. The lowest BCUT2D eigenvalue weighted by Gasteiger charge is -2.08. The van der Waals surface area contributed by atoms with Crippen molar-refractivity contribution in [2.75, 3.05) is 13.2 Å². The smallest absolute Gasteiger partial charge is 0.319 e. The van der Waals surface area contributed by atoms with Gasteiger partial charge < -0.3 is 10.5 Å². The summed E-state index contributed by atoms with van der Waals surface area (Å²) < 4.78 is 4.77. The number of esters is 1. The topological polar surface area (TPSA) is 65.2 Å². The van der Waals surface area contributed by atoms with Crippen LogP contribution in [0.15, 0.2) is 24.4 Å². The van der Waals surface area contributed by atoms with Gasteiger partial charge in [-0.15, -0.1) is 11.6 Å². The van der Waals surface area contributed by atoms with E-state index in [1.54, 1.807) is 18.3 Å². The van der Waals surface area contributed by atoms with Crippen LogP contribution >= 0.6 is 11.6 Å².